The van der Waals surface area contributed by atoms with Gasteiger partial charge in [-0.1, -0.05) is 19.8 Å². The number of hydrogen-bond acceptors (Lipinski definition) is 3. The number of nitrogen functional groups attached to an aromatic ring is 1. The number of phenols is 1. The highest BCUT2D eigenvalue weighted by atomic mass is 16.3. The van der Waals surface area contributed by atoms with Crippen molar-refractivity contribution in [2.24, 2.45) is 0 Å². The average Bonchev–Trinajstić information content (AvgIpc) is 2.23. The molecule has 0 heterocycles. The van der Waals surface area contributed by atoms with Crippen LogP contribution in [0.25, 0.3) is 0 Å². The molecule has 0 spiro atoms. The molecule has 0 aromatic heterocycles. The summed E-state index contributed by atoms with van der Waals surface area (Å²) in [6.45, 7) is 4.96. The number of unbranched alkanes of at least 4 members (excludes halogenated alkanes) is 2. The van der Waals surface area contributed by atoms with Gasteiger partial charge in [-0.3, -0.25) is 0 Å². The first-order chi connectivity index (χ1) is 7.16. The van der Waals surface area contributed by atoms with Crippen molar-refractivity contribution in [1.82, 2.24) is 0 Å². The molecule has 0 unspecified atom stereocenters. The fraction of sp³-hybridized carbons (Fsp3) is 0.500. The molecule has 0 aliphatic heterocycles. The second-order valence-electron chi connectivity index (χ2n) is 3.81. The van der Waals surface area contributed by atoms with Crippen LogP contribution in [0, 0.1) is 6.92 Å². The van der Waals surface area contributed by atoms with Crippen LogP contribution < -0.4 is 11.1 Å². The molecule has 0 radical (unpaired) electrons. The zero-order valence-electron chi connectivity index (χ0n) is 9.51. The van der Waals surface area contributed by atoms with Crippen molar-refractivity contribution in [2.75, 3.05) is 17.6 Å². The van der Waals surface area contributed by atoms with Gasteiger partial charge >= 0.3 is 0 Å². The molecule has 3 nitrogen and oxygen atoms in total. The standard InChI is InChI=1S/C12H20N2O/c1-3-4-5-8-14-12-9(2)10(13)6-7-11(12)15/h6-7,14-15H,3-5,8,13H2,1-2H3. The van der Waals surface area contributed by atoms with E-state index in [9.17, 15) is 5.11 Å². The van der Waals surface area contributed by atoms with Crippen molar-refractivity contribution in [3.8, 4) is 5.75 Å². The van der Waals surface area contributed by atoms with Gasteiger partial charge in [-0.25, -0.2) is 0 Å². The Bertz CT molecular complexity index is 324. The molecule has 0 bridgehead atoms. The molecule has 1 aromatic rings. The Hall–Kier alpha value is -1.38. The number of benzene rings is 1. The highest BCUT2D eigenvalue weighted by molar-refractivity contribution is 5.69. The maximum absolute atomic E-state index is 9.65. The Labute approximate surface area is 91.3 Å². The fourth-order valence-corrected chi connectivity index (χ4v) is 1.53. The molecule has 0 atom stereocenters. The molecule has 0 saturated carbocycles. The molecule has 1 aromatic carbocycles. The highest BCUT2D eigenvalue weighted by Crippen LogP contribution is 2.30. The van der Waals surface area contributed by atoms with Crippen molar-refractivity contribution in [2.45, 2.75) is 33.1 Å². The van der Waals surface area contributed by atoms with E-state index in [1.807, 2.05) is 6.92 Å². The average molecular weight is 208 g/mol. The summed E-state index contributed by atoms with van der Waals surface area (Å²) >= 11 is 0. The first-order valence-electron chi connectivity index (χ1n) is 5.48. The SMILES string of the molecule is CCCCCNc1c(O)ccc(N)c1C. The minimum Gasteiger partial charge on any atom is -0.506 e. The molecule has 0 saturated heterocycles. The number of rotatable bonds is 5. The van der Waals surface area contributed by atoms with Crippen LogP contribution >= 0.6 is 0 Å². The quantitative estimate of drug-likeness (QED) is 0.302. The summed E-state index contributed by atoms with van der Waals surface area (Å²) in [6.07, 6.45) is 3.52. The van der Waals surface area contributed by atoms with E-state index in [-0.39, 0.29) is 5.75 Å². The van der Waals surface area contributed by atoms with Gasteiger partial charge in [0, 0.05) is 12.2 Å². The third-order valence-corrected chi connectivity index (χ3v) is 2.57. The molecular weight excluding hydrogens is 188 g/mol. The molecule has 0 fully saturated rings. The molecule has 15 heavy (non-hydrogen) atoms. The number of hydrogen-bond donors (Lipinski definition) is 3. The predicted molar refractivity (Wildman–Crippen MR) is 65.3 cm³/mol. The van der Waals surface area contributed by atoms with Crippen molar-refractivity contribution in [3.63, 3.8) is 0 Å². The van der Waals surface area contributed by atoms with E-state index >= 15 is 0 Å². The summed E-state index contributed by atoms with van der Waals surface area (Å²) < 4.78 is 0. The van der Waals surface area contributed by atoms with Crippen LogP contribution in [0.4, 0.5) is 11.4 Å². The van der Waals surface area contributed by atoms with E-state index in [4.69, 9.17) is 5.73 Å². The molecule has 0 aliphatic rings. The lowest BCUT2D eigenvalue weighted by Crippen LogP contribution is -2.04. The minimum atomic E-state index is 0.276. The summed E-state index contributed by atoms with van der Waals surface area (Å²) in [5, 5.41) is 12.9. The monoisotopic (exact) mass is 208 g/mol. The topological polar surface area (TPSA) is 58.3 Å². The summed E-state index contributed by atoms with van der Waals surface area (Å²) in [4.78, 5) is 0. The first kappa shape index (κ1) is 11.7. The van der Waals surface area contributed by atoms with Crippen molar-refractivity contribution in [1.29, 1.82) is 0 Å². The van der Waals surface area contributed by atoms with Crippen LogP contribution in [0.1, 0.15) is 31.7 Å². The van der Waals surface area contributed by atoms with E-state index in [2.05, 4.69) is 12.2 Å². The van der Waals surface area contributed by atoms with Crippen LogP contribution in [0.2, 0.25) is 0 Å². The Balaban J connectivity index is 2.63. The number of nitrogens with one attached hydrogen (secondary N) is 1. The summed E-state index contributed by atoms with van der Waals surface area (Å²) in [5.74, 6) is 0.276. The van der Waals surface area contributed by atoms with E-state index in [1.54, 1.807) is 12.1 Å². The van der Waals surface area contributed by atoms with E-state index in [0.29, 0.717) is 5.69 Å². The lowest BCUT2D eigenvalue weighted by atomic mass is 10.1. The lowest BCUT2D eigenvalue weighted by molar-refractivity contribution is 0.477. The molecule has 0 amide bonds. The van der Waals surface area contributed by atoms with Gasteiger partial charge in [-0.2, -0.15) is 0 Å². The molecule has 4 N–H and O–H groups in total. The van der Waals surface area contributed by atoms with Gasteiger partial charge in [0.2, 0.25) is 0 Å². The molecule has 84 valence electrons. The molecule has 0 aliphatic carbocycles. The Kier molecular flexibility index (Phi) is 4.28. The maximum atomic E-state index is 9.65. The van der Waals surface area contributed by atoms with Crippen LogP contribution in [0.3, 0.4) is 0 Å². The lowest BCUT2D eigenvalue weighted by Gasteiger charge is -2.12. The molecule has 1 rings (SSSR count). The smallest absolute Gasteiger partial charge is 0.139 e. The van der Waals surface area contributed by atoms with Gasteiger partial charge in [0.15, 0.2) is 0 Å². The van der Waals surface area contributed by atoms with E-state index in [1.165, 1.54) is 12.8 Å². The third kappa shape index (κ3) is 3.05. The van der Waals surface area contributed by atoms with Crippen molar-refractivity contribution < 1.29 is 5.11 Å². The Morgan fingerprint density at radius 2 is 2.07 bits per heavy atom. The highest BCUT2D eigenvalue weighted by Gasteiger charge is 2.06. The predicted octanol–water partition coefficient (Wildman–Crippen LogP) is 2.88. The third-order valence-electron chi connectivity index (χ3n) is 2.57. The number of aromatic hydroxyl groups is 1. The van der Waals surface area contributed by atoms with Crippen molar-refractivity contribution >= 4 is 11.4 Å². The number of nitrogens with two attached hydrogens (primary N) is 1. The maximum Gasteiger partial charge on any atom is 0.139 e. The van der Waals surface area contributed by atoms with Gasteiger partial charge in [0.1, 0.15) is 5.75 Å². The summed E-state index contributed by atoms with van der Waals surface area (Å²) in [7, 11) is 0. The van der Waals surface area contributed by atoms with Crippen LogP contribution in [0.15, 0.2) is 12.1 Å². The minimum absolute atomic E-state index is 0.276. The van der Waals surface area contributed by atoms with Crippen LogP contribution in [0.5, 0.6) is 5.75 Å². The Morgan fingerprint density at radius 1 is 1.33 bits per heavy atom. The normalized spacial score (nSPS) is 10.3. The number of phenolic OH excluding ortho intramolecular Hbond substituents is 1. The molecule has 3 heteroatoms. The van der Waals surface area contributed by atoms with Crippen molar-refractivity contribution in [3.05, 3.63) is 17.7 Å². The van der Waals surface area contributed by atoms with Gasteiger partial charge < -0.3 is 16.2 Å². The van der Waals surface area contributed by atoms with Gasteiger partial charge in [-0.15, -0.1) is 0 Å². The van der Waals surface area contributed by atoms with E-state index in [0.717, 1.165) is 24.2 Å². The number of anilines is 2. The first-order valence-corrected chi connectivity index (χ1v) is 5.48. The zero-order valence-corrected chi connectivity index (χ0v) is 9.51. The van der Waals surface area contributed by atoms with Gasteiger partial charge in [-0.05, 0) is 31.0 Å². The fourth-order valence-electron chi connectivity index (χ4n) is 1.53. The molecular formula is C12H20N2O. The summed E-state index contributed by atoms with van der Waals surface area (Å²) in [5.41, 5.74) is 8.17. The summed E-state index contributed by atoms with van der Waals surface area (Å²) in [6, 6.07) is 3.35. The second-order valence-corrected chi connectivity index (χ2v) is 3.81. The van der Waals surface area contributed by atoms with Crippen LogP contribution in [-0.2, 0) is 0 Å². The van der Waals surface area contributed by atoms with E-state index < -0.39 is 0 Å². The largest absolute Gasteiger partial charge is 0.506 e. The van der Waals surface area contributed by atoms with Gasteiger partial charge in [0.25, 0.3) is 0 Å². The van der Waals surface area contributed by atoms with Gasteiger partial charge in [0.05, 0.1) is 5.69 Å². The second kappa shape index (κ2) is 5.49. The van der Waals surface area contributed by atoms with Crippen LogP contribution in [-0.4, -0.2) is 11.7 Å². The zero-order chi connectivity index (χ0) is 11.3. The Morgan fingerprint density at radius 3 is 2.73 bits per heavy atom.